The Bertz CT molecular complexity index is 1260. The van der Waals surface area contributed by atoms with E-state index in [9.17, 15) is 14.4 Å². The molecular formula is C34H39N3O3. The van der Waals surface area contributed by atoms with Crippen LogP contribution in [0.25, 0.3) is 0 Å². The van der Waals surface area contributed by atoms with E-state index in [4.69, 9.17) is 0 Å². The second-order valence-corrected chi connectivity index (χ2v) is 11.1. The molecule has 0 spiro atoms. The third-order valence-corrected chi connectivity index (χ3v) is 8.49. The Balaban J connectivity index is 1.19. The van der Waals surface area contributed by atoms with Gasteiger partial charge in [-0.05, 0) is 55.4 Å². The fraction of sp³-hybridized carbons (Fsp3) is 0.382. The molecule has 1 aliphatic carbocycles. The monoisotopic (exact) mass is 537 g/mol. The summed E-state index contributed by atoms with van der Waals surface area (Å²) in [6.07, 6.45) is 5.07. The Morgan fingerprint density at radius 1 is 0.700 bits per heavy atom. The first kappa shape index (κ1) is 27.6. The van der Waals surface area contributed by atoms with Gasteiger partial charge in [0.05, 0.1) is 5.92 Å². The summed E-state index contributed by atoms with van der Waals surface area (Å²) < 4.78 is 0. The van der Waals surface area contributed by atoms with Crippen molar-refractivity contribution in [3.05, 3.63) is 107 Å². The van der Waals surface area contributed by atoms with E-state index in [-0.39, 0.29) is 41.6 Å². The lowest BCUT2D eigenvalue weighted by Gasteiger charge is -2.37. The van der Waals surface area contributed by atoms with E-state index in [0.29, 0.717) is 31.5 Å². The number of hydrogen-bond acceptors (Lipinski definition) is 3. The van der Waals surface area contributed by atoms with E-state index in [1.807, 2.05) is 96.8 Å². The fourth-order valence-electron chi connectivity index (χ4n) is 6.16. The number of likely N-dealkylation sites (tertiary alicyclic amines) is 1. The Morgan fingerprint density at radius 2 is 1.23 bits per heavy atom. The smallest absolute Gasteiger partial charge is 0.251 e. The van der Waals surface area contributed by atoms with Crippen molar-refractivity contribution in [2.24, 2.45) is 5.92 Å². The van der Waals surface area contributed by atoms with E-state index in [0.717, 1.165) is 42.4 Å². The molecule has 5 rings (SSSR count). The summed E-state index contributed by atoms with van der Waals surface area (Å²) in [7, 11) is 0. The summed E-state index contributed by atoms with van der Waals surface area (Å²) in [5.41, 5.74) is 3.59. The van der Waals surface area contributed by atoms with Crippen LogP contribution >= 0.6 is 0 Å². The van der Waals surface area contributed by atoms with E-state index in [2.05, 4.69) is 10.6 Å². The molecule has 0 bridgehead atoms. The molecule has 2 N–H and O–H groups in total. The molecule has 6 heteroatoms. The summed E-state index contributed by atoms with van der Waals surface area (Å²) in [6.45, 7) is 3.06. The third kappa shape index (κ3) is 6.44. The van der Waals surface area contributed by atoms with Crippen LogP contribution in [-0.2, 0) is 9.59 Å². The molecule has 1 aliphatic heterocycles. The molecule has 1 saturated carbocycles. The van der Waals surface area contributed by atoms with Crippen molar-refractivity contribution in [3.63, 3.8) is 0 Å². The number of benzene rings is 3. The number of rotatable bonds is 7. The van der Waals surface area contributed by atoms with Gasteiger partial charge in [0, 0.05) is 36.7 Å². The van der Waals surface area contributed by atoms with Crippen LogP contribution in [0.3, 0.4) is 0 Å². The second-order valence-electron chi connectivity index (χ2n) is 11.1. The average Bonchev–Trinajstić information content (AvgIpc) is 2.99. The summed E-state index contributed by atoms with van der Waals surface area (Å²) >= 11 is 0. The van der Waals surface area contributed by atoms with Gasteiger partial charge in [0.15, 0.2) is 0 Å². The molecule has 3 aromatic carbocycles. The maximum absolute atomic E-state index is 13.8. The van der Waals surface area contributed by atoms with Gasteiger partial charge in [-0.3, -0.25) is 14.4 Å². The van der Waals surface area contributed by atoms with Gasteiger partial charge in [-0.2, -0.15) is 0 Å². The quantitative estimate of drug-likeness (QED) is 0.434. The highest BCUT2D eigenvalue weighted by atomic mass is 16.2. The predicted octanol–water partition coefficient (Wildman–Crippen LogP) is 5.22. The number of nitrogens with zero attached hydrogens (tertiary/aromatic N) is 1. The predicted molar refractivity (Wildman–Crippen MR) is 157 cm³/mol. The topological polar surface area (TPSA) is 78.5 Å². The molecule has 1 heterocycles. The maximum Gasteiger partial charge on any atom is 0.251 e. The molecule has 3 amide bonds. The largest absolute Gasteiger partial charge is 0.351 e. The molecule has 0 aromatic heterocycles. The van der Waals surface area contributed by atoms with Gasteiger partial charge in [0.2, 0.25) is 11.8 Å². The zero-order valence-electron chi connectivity index (χ0n) is 23.2. The first-order valence-corrected chi connectivity index (χ1v) is 14.6. The molecule has 0 radical (unpaired) electrons. The average molecular weight is 538 g/mol. The molecular weight excluding hydrogens is 498 g/mol. The van der Waals surface area contributed by atoms with Gasteiger partial charge in [0.25, 0.3) is 5.91 Å². The van der Waals surface area contributed by atoms with E-state index < -0.39 is 0 Å². The number of nitrogens with one attached hydrogen (secondary N) is 2. The second kappa shape index (κ2) is 12.9. The number of hydrogen-bond donors (Lipinski definition) is 2. The number of carbonyl (C=O) groups excluding carboxylic acids is 3. The summed E-state index contributed by atoms with van der Waals surface area (Å²) in [4.78, 5) is 42.0. The molecule has 208 valence electrons. The number of piperidine rings is 1. The molecule has 2 fully saturated rings. The highest BCUT2D eigenvalue weighted by Crippen LogP contribution is 2.29. The Hall–Kier alpha value is -3.93. The minimum Gasteiger partial charge on any atom is -0.351 e. The van der Waals surface area contributed by atoms with E-state index >= 15 is 0 Å². The normalized spacial score (nSPS) is 19.7. The van der Waals surface area contributed by atoms with E-state index in [1.54, 1.807) is 0 Å². The third-order valence-electron chi connectivity index (χ3n) is 8.49. The SMILES string of the molecule is Cc1ccccc1C(=O)N[C@@H]1CCCC[C@H]1NC(=O)C1CCN(C(=O)C(c2ccccc2)c2ccccc2)CC1. The van der Waals surface area contributed by atoms with Crippen molar-refractivity contribution in [3.8, 4) is 0 Å². The zero-order valence-corrected chi connectivity index (χ0v) is 23.2. The highest BCUT2D eigenvalue weighted by molar-refractivity contribution is 5.96. The van der Waals surface area contributed by atoms with Crippen LogP contribution in [0.2, 0.25) is 0 Å². The highest BCUT2D eigenvalue weighted by Gasteiger charge is 2.34. The van der Waals surface area contributed by atoms with Gasteiger partial charge in [-0.25, -0.2) is 0 Å². The first-order chi connectivity index (χ1) is 19.5. The van der Waals surface area contributed by atoms with Crippen molar-refractivity contribution in [1.29, 1.82) is 0 Å². The number of carbonyl (C=O) groups is 3. The Morgan fingerprint density at radius 3 is 1.80 bits per heavy atom. The van der Waals surface area contributed by atoms with Gasteiger partial charge in [-0.1, -0.05) is 91.7 Å². The molecule has 3 aromatic rings. The standard InChI is InChI=1S/C34H39N3O3/c1-24-12-8-9-17-28(24)33(39)36-30-19-11-10-18-29(30)35-32(38)27-20-22-37(23-21-27)34(40)31(25-13-4-2-5-14-25)26-15-6-3-7-16-26/h2-9,12-17,27,29-31H,10-11,18-23H2,1H3,(H,35,38)(H,36,39)/t29-,30-/m1/s1. The van der Waals surface area contributed by atoms with Crippen LogP contribution in [-0.4, -0.2) is 47.8 Å². The van der Waals surface area contributed by atoms with Crippen LogP contribution < -0.4 is 10.6 Å². The minimum absolute atomic E-state index is 0.0387. The van der Waals surface area contributed by atoms with Crippen molar-refractivity contribution in [1.82, 2.24) is 15.5 Å². The molecule has 40 heavy (non-hydrogen) atoms. The van der Waals surface area contributed by atoms with Crippen molar-refractivity contribution in [2.75, 3.05) is 13.1 Å². The summed E-state index contributed by atoms with van der Waals surface area (Å²) in [5, 5.41) is 6.46. The van der Waals surface area contributed by atoms with Crippen LogP contribution in [0.5, 0.6) is 0 Å². The number of aryl methyl sites for hydroxylation is 1. The Labute approximate surface area is 237 Å². The van der Waals surface area contributed by atoms with Crippen LogP contribution in [0.1, 0.15) is 71.5 Å². The lowest BCUT2D eigenvalue weighted by atomic mass is 9.87. The lowest BCUT2D eigenvalue weighted by Crippen LogP contribution is -2.55. The number of amides is 3. The van der Waals surface area contributed by atoms with Crippen molar-refractivity contribution in [2.45, 2.75) is 63.5 Å². The maximum atomic E-state index is 13.8. The lowest BCUT2D eigenvalue weighted by molar-refractivity contribution is -0.136. The van der Waals surface area contributed by atoms with Crippen molar-refractivity contribution < 1.29 is 14.4 Å². The Kier molecular flexibility index (Phi) is 8.94. The van der Waals surface area contributed by atoms with Crippen molar-refractivity contribution >= 4 is 17.7 Å². The van der Waals surface area contributed by atoms with E-state index in [1.165, 1.54) is 0 Å². The van der Waals surface area contributed by atoms with Gasteiger partial charge < -0.3 is 15.5 Å². The first-order valence-electron chi connectivity index (χ1n) is 14.6. The van der Waals surface area contributed by atoms with Crippen LogP contribution in [0, 0.1) is 12.8 Å². The molecule has 1 saturated heterocycles. The molecule has 0 unspecified atom stereocenters. The van der Waals surface area contributed by atoms with Crippen LogP contribution in [0.15, 0.2) is 84.9 Å². The van der Waals surface area contributed by atoms with Gasteiger partial charge in [-0.15, -0.1) is 0 Å². The fourth-order valence-corrected chi connectivity index (χ4v) is 6.16. The minimum atomic E-state index is -0.354. The van der Waals surface area contributed by atoms with Gasteiger partial charge in [0.1, 0.15) is 0 Å². The summed E-state index contributed by atoms with van der Waals surface area (Å²) in [6, 6.07) is 27.3. The van der Waals surface area contributed by atoms with Crippen LogP contribution in [0.4, 0.5) is 0 Å². The summed E-state index contributed by atoms with van der Waals surface area (Å²) in [5.74, 6) is -0.444. The molecule has 2 aliphatic rings. The zero-order chi connectivity index (χ0) is 27.9. The molecule has 2 atom stereocenters. The van der Waals surface area contributed by atoms with Gasteiger partial charge >= 0.3 is 0 Å². The molecule has 6 nitrogen and oxygen atoms in total.